The number of aliphatic hydroxyl groups excluding tert-OH is 1. The number of allylic oxidation sites excluding steroid dienone is 1. The molecule has 5 nitrogen and oxygen atoms in total. The van der Waals surface area contributed by atoms with Gasteiger partial charge in [-0.25, -0.2) is 0 Å². The van der Waals surface area contributed by atoms with Crippen LogP contribution in [0.15, 0.2) is 35.9 Å². The Kier molecular flexibility index (Phi) is 3.59. The van der Waals surface area contributed by atoms with E-state index in [4.69, 9.17) is 4.74 Å². The smallest absolute Gasteiger partial charge is 0.316 e. The fourth-order valence-corrected chi connectivity index (χ4v) is 6.27. The predicted octanol–water partition coefficient (Wildman–Crippen LogP) is 2.58. The van der Waals surface area contributed by atoms with Gasteiger partial charge in [0.05, 0.1) is 19.8 Å². The quantitative estimate of drug-likeness (QED) is 0.656. The molecule has 4 bridgehead atoms. The second-order valence-electron chi connectivity index (χ2n) is 8.19. The number of hydrogen-bond acceptors (Lipinski definition) is 4. The molecule has 0 aliphatic carbocycles. The van der Waals surface area contributed by atoms with Crippen LogP contribution in [0.4, 0.5) is 0 Å². The van der Waals surface area contributed by atoms with E-state index in [2.05, 4.69) is 46.9 Å². The third-order valence-corrected chi connectivity index (χ3v) is 7.46. The summed E-state index contributed by atoms with van der Waals surface area (Å²) in [6.07, 6.45) is 3.75. The lowest BCUT2D eigenvalue weighted by Crippen LogP contribution is -2.69. The molecule has 1 unspecified atom stereocenters. The molecule has 1 N–H and O–H groups in total. The third-order valence-electron chi connectivity index (χ3n) is 7.46. The second kappa shape index (κ2) is 5.69. The molecular weight excluding hydrogens is 340 g/mol. The number of esters is 1. The van der Waals surface area contributed by atoms with Gasteiger partial charge in [0.2, 0.25) is 0 Å². The van der Waals surface area contributed by atoms with Gasteiger partial charge in [0.15, 0.2) is 0 Å². The molecule has 5 atom stereocenters. The lowest BCUT2D eigenvalue weighted by atomic mass is 9.55. The zero-order valence-corrected chi connectivity index (χ0v) is 16.1. The molecule has 3 saturated heterocycles. The van der Waals surface area contributed by atoms with Crippen molar-refractivity contribution in [2.75, 3.05) is 20.3 Å². The molecule has 0 spiro atoms. The number of aryl methyl sites for hydroxylation is 1. The molecule has 0 amide bonds. The number of para-hydroxylation sites is 1. The fraction of sp³-hybridized carbons (Fsp3) is 0.500. The van der Waals surface area contributed by atoms with Crippen molar-refractivity contribution in [1.82, 2.24) is 9.47 Å². The van der Waals surface area contributed by atoms with E-state index in [1.54, 1.807) is 0 Å². The van der Waals surface area contributed by atoms with Crippen molar-refractivity contribution in [2.24, 2.45) is 18.4 Å². The van der Waals surface area contributed by atoms with Crippen molar-refractivity contribution in [3.63, 3.8) is 0 Å². The molecule has 2 aromatic rings. The number of ether oxygens (including phenoxy) is 1. The van der Waals surface area contributed by atoms with Gasteiger partial charge in [0.25, 0.3) is 0 Å². The third kappa shape index (κ3) is 1.89. The van der Waals surface area contributed by atoms with Crippen LogP contribution in [-0.2, 0) is 23.0 Å². The van der Waals surface area contributed by atoms with Gasteiger partial charge in [0, 0.05) is 42.1 Å². The summed E-state index contributed by atoms with van der Waals surface area (Å²) in [5, 5.41) is 11.8. The van der Waals surface area contributed by atoms with Gasteiger partial charge < -0.3 is 14.4 Å². The summed E-state index contributed by atoms with van der Waals surface area (Å²) in [4.78, 5) is 15.5. The van der Waals surface area contributed by atoms with Crippen LogP contribution >= 0.6 is 0 Å². The number of aliphatic hydroxyl groups is 1. The van der Waals surface area contributed by atoms with E-state index in [0.717, 1.165) is 19.4 Å². The van der Waals surface area contributed by atoms with Gasteiger partial charge in [0.1, 0.15) is 5.41 Å². The maximum atomic E-state index is 13.0. The largest absolute Gasteiger partial charge is 0.468 e. The first-order valence-electron chi connectivity index (χ1n) is 9.74. The van der Waals surface area contributed by atoms with E-state index < -0.39 is 5.41 Å². The highest BCUT2D eigenvalue weighted by molar-refractivity contribution is 5.87. The monoisotopic (exact) mass is 366 g/mol. The first-order valence-corrected chi connectivity index (χ1v) is 9.74. The minimum atomic E-state index is -0.875. The summed E-state index contributed by atoms with van der Waals surface area (Å²) in [6, 6.07) is 8.77. The number of fused-ring (bicyclic) bond motifs is 4. The number of rotatable bonds is 2. The molecule has 3 fully saturated rings. The number of hydrogen-bond donors (Lipinski definition) is 1. The van der Waals surface area contributed by atoms with Gasteiger partial charge in [-0.05, 0) is 31.4 Å². The summed E-state index contributed by atoms with van der Waals surface area (Å²) in [6.45, 7) is 2.74. The summed E-state index contributed by atoms with van der Waals surface area (Å²) in [7, 11) is 3.59. The van der Waals surface area contributed by atoms with Gasteiger partial charge in [-0.15, -0.1) is 0 Å². The van der Waals surface area contributed by atoms with Crippen molar-refractivity contribution in [3.8, 4) is 0 Å². The van der Waals surface area contributed by atoms with Crippen LogP contribution in [0.3, 0.4) is 0 Å². The first-order chi connectivity index (χ1) is 13.1. The molecule has 0 saturated carbocycles. The molecule has 142 valence electrons. The SMILES string of the molecule is CC=C1CN2[C@H]3C[C@@H]1[C@@](CO)(C(=O)OC)[C@H]2Cc1c3n(C)c2ccccc12. The molecule has 5 heteroatoms. The number of carbonyl (C=O) groups is 1. The van der Waals surface area contributed by atoms with E-state index in [-0.39, 0.29) is 30.6 Å². The summed E-state index contributed by atoms with van der Waals surface area (Å²) < 4.78 is 7.58. The predicted molar refractivity (Wildman–Crippen MR) is 103 cm³/mol. The fourth-order valence-electron chi connectivity index (χ4n) is 6.27. The van der Waals surface area contributed by atoms with Gasteiger partial charge in [-0.2, -0.15) is 0 Å². The normalized spacial score (nSPS) is 35.5. The minimum Gasteiger partial charge on any atom is -0.468 e. The van der Waals surface area contributed by atoms with Crippen molar-refractivity contribution in [1.29, 1.82) is 0 Å². The number of carbonyl (C=O) groups excluding carboxylic acids is 1. The molecule has 27 heavy (non-hydrogen) atoms. The highest BCUT2D eigenvalue weighted by Crippen LogP contribution is 2.60. The van der Waals surface area contributed by atoms with Crippen molar-refractivity contribution in [3.05, 3.63) is 47.2 Å². The Morgan fingerprint density at radius 1 is 1.41 bits per heavy atom. The number of aromatic nitrogens is 1. The number of methoxy groups -OCH3 is 1. The molecule has 6 rings (SSSR count). The summed E-state index contributed by atoms with van der Waals surface area (Å²) in [5.74, 6) is -0.239. The van der Waals surface area contributed by atoms with E-state index in [9.17, 15) is 9.90 Å². The molecule has 4 aliphatic rings. The Hall–Kier alpha value is -2.11. The van der Waals surface area contributed by atoms with Crippen LogP contribution < -0.4 is 0 Å². The van der Waals surface area contributed by atoms with Crippen molar-refractivity contribution in [2.45, 2.75) is 31.8 Å². The lowest BCUT2D eigenvalue weighted by Gasteiger charge is -2.62. The molecule has 1 aromatic heterocycles. The summed E-state index contributed by atoms with van der Waals surface area (Å²) in [5.41, 5.74) is 4.34. The zero-order valence-electron chi connectivity index (χ0n) is 16.1. The minimum absolute atomic E-state index is 0.0271. The number of piperidine rings is 3. The molecule has 1 aromatic carbocycles. The van der Waals surface area contributed by atoms with E-state index in [1.807, 2.05) is 6.92 Å². The standard InChI is InChI=1S/C22H26N2O3/c1-4-13-11-24-18-10-16(13)22(12-25,21(26)27-3)19(24)9-15-14-7-5-6-8-17(14)23(2)20(15)18/h4-8,16,18-19,25H,9-12H2,1-3H3/t16-,18-,19+,22+/m0/s1. The molecule has 4 aliphatic heterocycles. The van der Waals surface area contributed by atoms with E-state index in [1.165, 1.54) is 34.8 Å². The Labute approximate surface area is 159 Å². The van der Waals surface area contributed by atoms with Crippen LogP contribution in [0.25, 0.3) is 10.9 Å². The Balaban J connectivity index is 1.76. The Morgan fingerprint density at radius 2 is 2.19 bits per heavy atom. The topological polar surface area (TPSA) is 54.7 Å². The highest BCUT2D eigenvalue weighted by atomic mass is 16.5. The van der Waals surface area contributed by atoms with Crippen LogP contribution in [0.1, 0.15) is 30.6 Å². The zero-order chi connectivity index (χ0) is 18.9. The van der Waals surface area contributed by atoms with Crippen molar-refractivity contribution >= 4 is 16.9 Å². The molecule has 0 radical (unpaired) electrons. The van der Waals surface area contributed by atoms with E-state index >= 15 is 0 Å². The average molecular weight is 366 g/mol. The maximum Gasteiger partial charge on any atom is 0.316 e. The lowest BCUT2D eigenvalue weighted by molar-refractivity contribution is -0.183. The first kappa shape index (κ1) is 17.0. The second-order valence-corrected chi connectivity index (χ2v) is 8.19. The van der Waals surface area contributed by atoms with Crippen LogP contribution in [-0.4, -0.2) is 46.8 Å². The molecular formula is C22H26N2O3. The number of benzene rings is 1. The van der Waals surface area contributed by atoms with Gasteiger partial charge >= 0.3 is 5.97 Å². The number of nitrogens with zero attached hydrogens (tertiary/aromatic N) is 2. The van der Waals surface area contributed by atoms with Gasteiger partial charge in [-0.3, -0.25) is 9.69 Å². The highest BCUT2D eigenvalue weighted by Gasteiger charge is 2.65. The van der Waals surface area contributed by atoms with Crippen molar-refractivity contribution < 1.29 is 14.6 Å². The van der Waals surface area contributed by atoms with Crippen LogP contribution in [0.5, 0.6) is 0 Å². The average Bonchev–Trinajstić information content (AvgIpc) is 3.00. The van der Waals surface area contributed by atoms with Crippen LogP contribution in [0, 0.1) is 11.3 Å². The van der Waals surface area contributed by atoms with Gasteiger partial charge in [-0.1, -0.05) is 29.8 Å². The van der Waals surface area contributed by atoms with Crippen LogP contribution in [0.2, 0.25) is 0 Å². The maximum absolute atomic E-state index is 13.0. The Morgan fingerprint density at radius 3 is 2.89 bits per heavy atom. The van der Waals surface area contributed by atoms with E-state index in [0.29, 0.717) is 0 Å². The molecule has 5 heterocycles. The Bertz CT molecular complexity index is 975. The summed E-state index contributed by atoms with van der Waals surface area (Å²) >= 11 is 0.